The van der Waals surface area contributed by atoms with Gasteiger partial charge in [-0.25, -0.2) is 0 Å². The van der Waals surface area contributed by atoms with Crippen molar-refractivity contribution >= 4 is 29.9 Å². The monoisotopic (exact) mass is 545 g/mol. The maximum atomic E-state index is 5.57. The standard InChI is InChI=1S/C23H39N5O2.HI/c1-18(28-12-13-30-17-19(28)2)15-25-23(24-3)26-16-22(27-10-5-6-11-27)20-8-7-9-21(14-20)29-4;/h7-9,14,18-19,22H,5-6,10-13,15-17H2,1-4H3,(H2,24,25,26);1H. The number of nitrogens with zero attached hydrogens (tertiary/aromatic N) is 3. The molecule has 0 aliphatic carbocycles. The minimum absolute atomic E-state index is 0. The number of nitrogens with one attached hydrogen (secondary N) is 2. The van der Waals surface area contributed by atoms with Gasteiger partial charge >= 0.3 is 0 Å². The molecule has 3 atom stereocenters. The molecule has 7 nitrogen and oxygen atoms in total. The van der Waals surface area contributed by atoms with Gasteiger partial charge in [-0.15, -0.1) is 24.0 Å². The average Bonchev–Trinajstić information content (AvgIpc) is 3.31. The summed E-state index contributed by atoms with van der Waals surface area (Å²) in [4.78, 5) is 9.53. The van der Waals surface area contributed by atoms with E-state index in [9.17, 15) is 0 Å². The summed E-state index contributed by atoms with van der Waals surface area (Å²) in [5.41, 5.74) is 1.29. The Balaban J connectivity index is 0.00000341. The summed E-state index contributed by atoms with van der Waals surface area (Å²) >= 11 is 0. The van der Waals surface area contributed by atoms with Crippen LogP contribution in [0.15, 0.2) is 29.3 Å². The summed E-state index contributed by atoms with van der Waals surface area (Å²) in [6.07, 6.45) is 2.53. The molecule has 3 rings (SSSR count). The van der Waals surface area contributed by atoms with Crippen LogP contribution in [0.3, 0.4) is 0 Å². The molecule has 2 aliphatic rings. The van der Waals surface area contributed by atoms with Crippen LogP contribution >= 0.6 is 24.0 Å². The lowest BCUT2D eigenvalue weighted by molar-refractivity contribution is -0.0174. The van der Waals surface area contributed by atoms with Gasteiger partial charge in [0.05, 0.1) is 26.4 Å². The van der Waals surface area contributed by atoms with Crippen LogP contribution in [0.5, 0.6) is 5.75 Å². The first-order valence-electron chi connectivity index (χ1n) is 11.3. The zero-order chi connectivity index (χ0) is 21.3. The largest absolute Gasteiger partial charge is 0.497 e. The first-order chi connectivity index (χ1) is 14.6. The zero-order valence-corrected chi connectivity index (χ0v) is 21.8. The van der Waals surface area contributed by atoms with E-state index in [1.54, 1.807) is 7.11 Å². The van der Waals surface area contributed by atoms with Crippen LogP contribution in [0.4, 0.5) is 0 Å². The van der Waals surface area contributed by atoms with E-state index in [0.717, 1.165) is 57.6 Å². The molecule has 2 aliphatic heterocycles. The third-order valence-corrected chi connectivity index (χ3v) is 6.30. The van der Waals surface area contributed by atoms with Gasteiger partial charge in [-0.1, -0.05) is 12.1 Å². The highest BCUT2D eigenvalue weighted by atomic mass is 127. The third kappa shape index (κ3) is 7.47. The van der Waals surface area contributed by atoms with Crippen molar-refractivity contribution < 1.29 is 9.47 Å². The van der Waals surface area contributed by atoms with E-state index in [1.807, 2.05) is 13.1 Å². The first kappa shape index (κ1) is 26.2. The Kier molecular flexibility index (Phi) is 11.3. The van der Waals surface area contributed by atoms with Crippen molar-refractivity contribution in [2.45, 2.75) is 44.8 Å². The number of halogens is 1. The van der Waals surface area contributed by atoms with Gasteiger partial charge in [0.15, 0.2) is 5.96 Å². The lowest BCUT2D eigenvalue weighted by atomic mass is 10.1. The number of methoxy groups -OCH3 is 1. The average molecular weight is 546 g/mol. The SMILES string of the molecule is CN=C(NCC(c1cccc(OC)c1)N1CCCC1)NCC(C)N1CCOCC1C.I. The summed E-state index contributed by atoms with van der Waals surface area (Å²) in [5.74, 6) is 1.77. The molecule has 3 unspecified atom stereocenters. The number of likely N-dealkylation sites (tertiary alicyclic amines) is 1. The highest BCUT2D eigenvalue weighted by Crippen LogP contribution is 2.27. The second kappa shape index (κ2) is 13.4. The van der Waals surface area contributed by atoms with Crippen molar-refractivity contribution in [1.82, 2.24) is 20.4 Å². The number of hydrogen-bond donors (Lipinski definition) is 2. The van der Waals surface area contributed by atoms with Crippen LogP contribution < -0.4 is 15.4 Å². The van der Waals surface area contributed by atoms with Gasteiger partial charge in [0.2, 0.25) is 0 Å². The van der Waals surface area contributed by atoms with Crippen molar-refractivity contribution in [1.29, 1.82) is 0 Å². The Morgan fingerprint density at radius 3 is 2.65 bits per heavy atom. The Bertz CT molecular complexity index is 684. The Morgan fingerprint density at radius 1 is 1.23 bits per heavy atom. The van der Waals surface area contributed by atoms with Crippen molar-refractivity contribution in [2.75, 3.05) is 60.1 Å². The zero-order valence-electron chi connectivity index (χ0n) is 19.5. The molecule has 2 fully saturated rings. The molecule has 1 aromatic rings. The molecule has 31 heavy (non-hydrogen) atoms. The number of rotatable bonds is 8. The molecule has 2 saturated heterocycles. The molecule has 1 aromatic carbocycles. The molecule has 0 saturated carbocycles. The van der Waals surface area contributed by atoms with Gasteiger partial charge in [-0.05, 0) is 57.5 Å². The minimum Gasteiger partial charge on any atom is -0.497 e. The lowest BCUT2D eigenvalue weighted by Gasteiger charge is -2.38. The van der Waals surface area contributed by atoms with Crippen LogP contribution in [-0.2, 0) is 4.74 Å². The predicted molar refractivity (Wildman–Crippen MR) is 138 cm³/mol. The molecule has 0 bridgehead atoms. The number of ether oxygens (including phenoxy) is 2. The van der Waals surface area contributed by atoms with Crippen molar-refractivity contribution in [2.24, 2.45) is 4.99 Å². The fraction of sp³-hybridized carbons (Fsp3) is 0.696. The Labute approximate surface area is 205 Å². The van der Waals surface area contributed by atoms with Crippen LogP contribution in [-0.4, -0.2) is 87.9 Å². The van der Waals surface area contributed by atoms with Gasteiger partial charge in [-0.3, -0.25) is 14.8 Å². The topological polar surface area (TPSA) is 61.4 Å². The number of guanidine groups is 1. The molecular formula is C23H40IN5O2. The van der Waals surface area contributed by atoms with Gasteiger partial charge in [0, 0.05) is 38.8 Å². The molecule has 8 heteroatoms. The van der Waals surface area contributed by atoms with Crippen molar-refractivity contribution in [3.05, 3.63) is 29.8 Å². The second-order valence-electron chi connectivity index (χ2n) is 8.38. The molecule has 0 spiro atoms. The fourth-order valence-corrected chi connectivity index (χ4v) is 4.53. The van der Waals surface area contributed by atoms with E-state index in [1.165, 1.54) is 18.4 Å². The van der Waals surface area contributed by atoms with E-state index in [0.29, 0.717) is 18.1 Å². The fourth-order valence-electron chi connectivity index (χ4n) is 4.53. The van der Waals surface area contributed by atoms with Crippen LogP contribution in [0, 0.1) is 0 Å². The van der Waals surface area contributed by atoms with Gasteiger partial charge in [0.1, 0.15) is 5.75 Å². The summed E-state index contributed by atoms with van der Waals surface area (Å²) in [6, 6.07) is 9.63. The maximum Gasteiger partial charge on any atom is 0.191 e. The van der Waals surface area contributed by atoms with Crippen LogP contribution in [0.25, 0.3) is 0 Å². The number of morpholine rings is 1. The normalized spacial score (nSPS) is 22.5. The van der Waals surface area contributed by atoms with Crippen LogP contribution in [0.1, 0.15) is 38.3 Å². The molecule has 0 amide bonds. The van der Waals surface area contributed by atoms with Gasteiger partial charge in [0.25, 0.3) is 0 Å². The molecule has 2 heterocycles. The van der Waals surface area contributed by atoms with E-state index in [2.05, 4.69) is 57.5 Å². The highest BCUT2D eigenvalue weighted by Gasteiger charge is 2.25. The van der Waals surface area contributed by atoms with E-state index < -0.39 is 0 Å². The third-order valence-electron chi connectivity index (χ3n) is 6.30. The highest BCUT2D eigenvalue weighted by molar-refractivity contribution is 14.0. The molecule has 176 valence electrons. The molecule has 0 radical (unpaired) electrons. The number of benzene rings is 1. The number of hydrogen-bond acceptors (Lipinski definition) is 5. The van der Waals surface area contributed by atoms with Crippen molar-refractivity contribution in [3.8, 4) is 5.75 Å². The number of aliphatic imine (C=N–C) groups is 1. The smallest absolute Gasteiger partial charge is 0.191 e. The molecule has 2 N–H and O–H groups in total. The summed E-state index contributed by atoms with van der Waals surface area (Å²) in [7, 11) is 3.57. The summed E-state index contributed by atoms with van der Waals surface area (Å²) in [5, 5.41) is 7.09. The van der Waals surface area contributed by atoms with Crippen molar-refractivity contribution in [3.63, 3.8) is 0 Å². The first-order valence-corrected chi connectivity index (χ1v) is 11.3. The maximum absolute atomic E-state index is 5.57. The van der Waals surface area contributed by atoms with Gasteiger partial charge in [-0.2, -0.15) is 0 Å². The Morgan fingerprint density at radius 2 is 1.97 bits per heavy atom. The Hall–Kier alpha value is -1.10. The molecular weight excluding hydrogens is 505 g/mol. The van der Waals surface area contributed by atoms with Gasteiger partial charge < -0.3 is 20.1 Å². The van der Waals surface area contributed by atoms with E-state index >= 15 is 0 Å². The minimum atomic E-state index is 0. The second-order valence-corrected chi connectivity index (χ2v) is 8.38. The predicted octanol–water partition coefficient (Wildman–Crippen LogP) is 2.72. The quantitative estimate of drug-likeness (QED) is 0.298. The summed E-state index contributed by atoms with van der Waals surface area (Å²) in [6.45, 7) is 11.1. The van der Waals surface area contributed by atoms with E-state index in [4.69, 9.17) is 9.47 Å². The lowest BCUT2D eigenvalue weighted by Crippen LogP contribution is -2.53. The molecule has 0 aromatic heterocycles. The van der Waals surface area contributed by atoms with Crippen LogP contribution in [0.2, 0.25) is 0 Å². The summed E-state index contributed by atoms with van der Waals surface area (Å²) < 4.78 is 11.0. The van der Waals surface area contributed by atoms with E-state index in [-0.39, 0.29) is 24.0 Å².